The zero-order chi connectivity index (χ0) is 18.9. The molecule has 0 bridgehead atoms. The van der Waals surface area contributed by atoms with E-state index in [1.807, 2.05) is 18.6 Å². The van der Waals surface area contributed by atoms with Gasteiger partial charge in [-0.2, -0.15) is 0 Å². The van der Waals surface area contributed by atoms with Crippen LogP contribution in [0.1, 0.15) is 56.4 Å². The third-order valence-electron chi connectivity index (χ3n) is 5.52. The van der Waals surface area contributed by atoms with Gasteiger partial charge in [0.1, 0.15) is 5.82 Å². The summed E-state index contributed by atoms with van der Waals surface area (Å²) >= 11 is 0. The van der Waals surface area contributed by atoms with Crippen molar-refractivity contribution in [2.75, 3.05) is 0 Å². The lowest BCUT2D eigenvalue weighted by Gasteiger charge is -2.26. The third-order valence-corrected chi connectivity index (χ3v) is 5.52. The predicted molar refractivity (Wildman–Crippen MR) is 109 cm³/mol. The lowest BCUT2D eigenvalue weighted by atomic mass is 9.80. The van der Waals surface area contributed by atoms with Crippen LogP contribution in [-0.4, -0.2) is 14.5 Å². The summed E-state index contributed by atoms with van der Waals surface area (Å²) < 4.78 is 2.23. The van der Waals surface area contributed by atoms with Crippen LogP contribution in [0.25, 0.3) is 17.1 Å². The number of pyridine rings is 1. The van der Waals surface area contributed by atoms with E-state index in [0.717, 1.165) is 24.2 Å². The first-order valence-electron chi connectivity index (χ1n) is 9.47. The Morgan fingerprint density at radius 1 is 1.04 bits per heavy atom. The van der Waals surface area contributed by atoms with Gasteiger partial charge in [0.2, 0.25) is 0 Å². The Morgan fingerprint density at radius 3 is 2.35 bits per heavy atom. The van der Waals surface area contributed by atoms with Crippen molar-refractivity contribution in [1.29, 1.82) is 0 Å². The maximum Gasteiger partial charge on any atom is 0.144 e. The molecule has 3 rings (SSSR count). The van der Waals surface area contributed by atoms with Crippen LogP contribution in [0.5, 0.6) is 0 Å². The van der Waals surface area contributed by atoms with Crippen molar-refractivity contribution in [3.8, 4) is 17.1 Å². The van der Waals surface area contributed by atoms with Gasteiger partial charge in [-0.25, -0.2) is 4.98 Å². The molecule has 0 aliphatic carbocycles. The van der Waals surface area contributed by atoms with Gasteiger partial charge in [-0.3, -0.25) is 9.55 Å². The Bertz CT molecular complexity index is 896. The largest absolute Gasteiger partial charge is 0.299 e. The molecule has 0 unspecified atom stereocenters. The molecule has 0 aliphatic rings. The van der Waals surface area contributed by atoms with Crippen LogP contribution in [0.15, 0.2) is 43.0 Å². The van der Waals surface area contributed by atoms with Crippen molar-refractivity contribution in [3.63, 3.8) is 0 Å². The lowest BCUT2D eigenvalue weighted by molar-refractivity contribution is 0.505. The number of hydrogen-bond acceptors (Lipinski definition) is 2. The van der Waals surface area contributed by atoms with E-state index < -0.39 is 0 Å². The second-order valence-electron chi connectivity index (χ2n) is 7.71. The lowest BCUT2D eigenvalue weighted by Crippen LogP contribution is -2.18. The zero-order valence-corrected chi connectivity index (χ0v) is 16.8. The Labute approximate surface area is 157 Å². The number of benzene rings is 1. The quantitative estimate of drug-likeness (QED) is 0.584. The maximum atomic E-state index is 4.73. The molecular formula is C23H29N3. The third kappa shape index (κ3) is 3.18. The van der Waals surface area contributed by atoms with Crippen LogP contribution in [0.2, 0.25) is 0 Å². The highest BCUT2D eigenvalue weighted by atomic mass is 15.1. The van der Waals surface area contributed by atoms with E-state index in [9.17, 15) is 0 Å². The van der Waals surface area contributed by atoms with Crippen molar-refractivity contribution in [2.24, 2.45) is 0 Å². The maximum absolute atomic E-state index is 4.73. The van der Waals surface area contributed by atoms with E-state index >= 15 is 0 Å². The van der Waals surface area contributed by atoms with E-state index in [4.69, 9.17) is 4.98 Å². The molecule has 26 heavy (non-hydrogen) atoms. The average Bonchev–Trinajstić information content (AvgIpc) is 3.10. The van der Waals surface area contributed by atoms with Gasteiger partial charge in [-0.15, -0.1) is 0 Å². The summed E-state index contributed by atoms with van der Waals surface area (Å²) in [6.07, 6.45) is 9.93. The molecule has 0 fully saturated rings. The molecule has 0 radical (unpaired) electrons. The van der Waals surface area contributed by atoms with Gasteiger partial charge in [0.05, 0.1) is 5.69 Å². The van der Waals surface area contributed by atoms with E-state index in [1.54, 1.807) is 0 Å². The first kappa shape index (κ1) is 18.4. The van der Waals surface area contributed by atoms with Crippen LogP contribution in [-0.2, 0) is 11.8 Å². The van der Waals surface area contributed by atoms with Crippen LogP contribution in [0, 0.1) is 13.8 Å². The van der Waals surface area contributed by atoms with E-state index in [1.165, 1.54) is 27.9 Å². The summed E-state index contributed by atoms with van der Waals surface area (Å²) in [6, 6.07) is 6.67. The first-order chi connectivity index (χ1) is 12.4. The van der Waals surface area contributed by atoms with Crippen LogP contribution in [0.3, 0.4) is 0 Å². The molecule has 3 nitrogen and oxygen atoms in total. The normalized spacial score (nSPS) is 11.8. The molecule has 0 aliphatic heterocycles. The summed E-state index contributed by atoms with van der Waals surface area (Å²) in [5.74, 6) is 0.986. The number of rotatable bonds is 5. The summed E-state index contributed by atoms with van der Waals surface area (Å²) in [7, 11) is 0. The first-order valence-corrected chi connectivity index (χ1v) is 9.47. The van der Waals surface area contributed by atoms with Crippen LogP contribution in [0.4, 0.5) is 0 Å². The molecule has 0 atom stereocenters. The van der Waals surface area contributed by atoms with Crippen molar-refractivity contribution < 1.29 is 0 Å². The molecule has 3 aromatic rings. The summed E-state index contributed by atoms with van der Waals surface area (Å²) in [6.45, 7) is 13.3. The van der Waals surface area contributed by atoms with Gasteiger partial charge in [0.15, 0.2) is 0 Å². The SMILES string of the molecule is CCc1cc(C)c(-n2ccnc2-c2ccncc2C(C)(C)CC)c(C)c1. The molecule has 0 saturated heterocycles. The smallest absolute Gasteiger partial charge is 0.144 e. The fourth-order valence-corrected chi connectivity index (χ4v) is 3.63. The fraction of sp³-hybridized carbons (Fsp3) is 0.391. The van der Waals surface area contributed by atoms with Gasteiger partial charge in [-0.1, -0.05) is 39.8 Å². The van der Waals surface area contributed by atoms with Gasteiger partial charge >= 0.3 is 0 Å². The summed E-state index contributed by atoms with van der Waals surface area (Å²) in [5, 5.41) is 0. The standard InChI is InChI=1S/C23H29N3/c1-7-18-13-16(3)21(17(4)14-18)26-12-11-25-22(26)19-9-10-24-15-20(19)23(5,6)8-2/h9-15H,7-8H2,1-6H3. The van der Waals surface area contributed by atoms with Crippen molar-refractivity contribution in [3.05, 3.63) is 65.2 Å². The monoisotopic (exact) mass is 347 g/mol. The minimum Gasteiger partial charge on any atom is -0.299 e. The minimum atomic E-state index is 0.0521. The Hall–Kier alpha value is -2.42. The molecule has 0 amide bonds. The Morgan fingerprint density at radius 2 is 1.73 bits per heavy atom. The molecule has 0 spiro atoms. The van der Waals surface area contributed by atoms with E-state index in [-0.39, 0.29) is 5.41 Å². The number of hydrogen-bond donors (Lipinski definition) is 0. The van der Waals surface area contributed by atoms with Crippen LogP contribution < -0.4 is 0 Å². The second-order valence-corrected chi connectivity index (χ2v) is 7.71. The second kappa shape index (κ2) is 7.06. The number of aromatic nitrogens is 3. The number of nitrogens with zero attached hydrogens (tertiary/aromatic N) is 3. The van der Waals surface area contributed by atoms with Gasteiger partial charge in [-0.05, 0) is 60.4 Å². The highest BCUT2D eigenvalue weighted by molar-refractivity contribution is 5.65. The van der Waals surface area contributed by atoms with Crippen molar-refractivity contribution in [2.45, 2.75) is 59.8 Å². The summed E-state index contributed by atoms with van der Waals surface area (Å²) in [5.41, 5.74) is 7.63. The molecule has 0 saturated carbocycles. The number of imidazole rings is 1. The average molecular weight is 348 g/mol. The molecular weight excluding hydrogens is 318 g/mol. The van der Waals surface area contributed by atoms with Gasteiger partial charge < -0.3 is 0 Å². The fourth-order valence-electron chi connectivity index (χ4n) is 3.63. The topological polar surface area (TPSA) is 30.7 Å². The minimum absolute atomic E-state index is 0.0521. The molecule has 2 aromatic heterocycles. The molecule has 1 aromatic carbocycles. The Kier molecular flexibility index (Phi) is 4.99. The van der Waals surface area contributed by atoms with Crippen molar-refractivity contribution in [1.82, 2.24) is 14.5 Å². The van der Waals surface area contributed by atoms with E-state index in [0.29, 0.717) is 0 Å². The van der Waals surface area contributed by atoms with Crippen molar-refractivity contribution >= 4 is 0 Å². The van der Waals surface area contributed by atoms with Gasteiger partial charge in [0.25, 0.3) is 0 Å². The Balaban J connectivity index is 2.22. The van der Waals surface area contributed by atoms with Gasteiger partial charge in [0, 0.05) is 30.4 Å². The van der Waals surface area contributed by atoms with Crippen LogP contribution >= 0.6 is 0 Å². The molecule has 0 N–H and O–H groups in total. The highest BCUT2D eigenvalue weighted by Gasteiger charge is 2.24. The molecule has 2 heterocycles. The summed E-state index contributed by atoms with van der Waals surface area (Å²) in [4.78, 5) is 9.12. The predicted octanol–water partition coefficient (Wildman–Crippen LogP) is 5.80. The number of aryl methyl sites for hydroxylation is 3. The highest BCUT2D eigenvalue weighted by Crippen LogP contribution is 2.35. The molecule has 136 valence electrons. The van der Waals surface area contributed by atoms with E-state index in [2.05, 4.69) is 75.5 Å². The zero-order valence-electron chi connectivity index (χ0n) is 16.8. The molecule has 3 heteroatoms.